The molecule has 1 aliphatic carbocycles. The number of nitrogens with zero attached hydrogens (tertiary/aromatic N) is 1. The first kappa shape index (κ1) is 20.4. The fourth-order valence-corrected chi connectivity index (χ4v) is 7.13. The van der Waals surface area contributed by atoms with E-state index in [-0.39, 0.29) is 17.9 Å². The van der Waals surface area contributed by atoms with Crippen LogP contribution >= 0.6 is 23.2 Å². The molecule has 4 nitrogen and oxygen atoms in total. The van der Waals surface area contributed by atoms with E-state index in [1.165, 1.54) is 0 Å². The smallest absolute Gasteiger partial charge is 0.243 e. The lowest BCUT2D eigenvalue weighted by molar-refractivity contribution is 0.346. The van der Waals surface area contributed by atoms with E-state index in [0.29, 0.717) is 28.0 Å². The van der Waals surface area contributed by atoms with Gasteiger partial charge in [-0.15, -0.1) is 0 Å². The van der Waals surface area contributed by atoms with Gasteiger partial charge in [0.25, 0.3) is 0 Å². The Balaban J connectivity index is 1.52. The van der Waals surface area contributed by atoms with Gasteiger partial charge in [0.15, 0.2) is 0 Å². The molecule has 5 rings (SSSR count). The van der Waals surface area contributed by atoms with Crippen molar-refractivity contribution in [3.8, 4) is 0 Å². The highest BCUT2D eigenvalue weighted by molar-refractivity contribution is 7.89. The molecule has 2 heterocycles. The zero-order chi connectivity index (χ0) is 20.9. The van der Waals surface area contributed by atoms with Crippen molar-refractivity contribution >= 4 is 38.9 Å². The Hall–Kier alpha value is -1.53. The van der Waals surface area contributed by atoms with E-state index < -0.39 is 10.0 Å². The van der Waals surface area contributed by atoms with E-state index in [1.54, 1.807) is 16.4 Å². The lowest BCUT2D eigenvalue weighted by atomic mass is 9.77. The van der Waals surface area contributed by atoms with Gasteiger partial charge in [-0.25, -0.2) is 8.42 Å². The van der Waals surface area contributed by atoms with E-state index >= 15 is 0 Å². The van der Waals surface area contributed by atoms with Gasteiger partial charge in [0.1, 0.15) is 0 Å². The van der Waals surface area contributed by atoms with Gasteiger partial charge < -0.3 is 5.32 Å². The number of sulfonamides is 1. The van der Waals surface area contributed by atoms with Crippen LogP contribution in [0.4, 0.5) is 5.69 Å². The van der Waals surface area contributed by atoms with Crippen LogP contribution in [0.1, 0.15) is 48.8 Å². The summed E-state index contributed by atoms with van der Waals surface area (Å²) in [5, 5.41) is 4.90. The fraction of sp³-hybridized carbons (Fsp3) is 0.391. The summed E-state index contributed by atoms with van der Waals surface area (Å²) in [6.45, 7) is 1.22. The molecule has 2 aromatic rings. The summed E-state index contributed by atoms with van der Waals surface area (Å²) >= 11 is 12.6. The fourth-order valence-electron chi connectivity index (χ4n) is 5.05. The minimum Gasteiger partial charge on any atom is -0.378 e. The van der Waals surface area contributed by atoms with E-state index in [0.717, 1.165) is 42.5 Å². The average Bonchev–Trinajstić information content (AvgIpc) is 3.24. The molecule has 0 saturated carbocycles. The standard InChI is InChI=1S/C23H24Cl2N2O2S/c24-15-7-9-19(21(25)13-15)23-18-6-4-5-17(18)20-14-16(8-10-22(20)26-23)30(28,29)27-11-2-1-3-12-27/h4-5,7-10,13-14,17-18,23,26H,1-3,6,11-12H2. The van der Waals surface area contributed by atoms with Crippen molar-refractivity contribution in [2.45, 2.75) is 42.5 Å². The summed E-state index contributed by atoms with van der Waals surface area (Å²) in [5.41, 5.74) is 3.04. The Morgan fingerprint density at radius 3 is 2.53 bits per heavy atom. The Kier molecular flexibility index (Phi) is 5.34. The van der Waals surface area contributed by atoms with E-state index in [4.69, 9.17) is 23.2 Å². The van der Waals surface area contributed by atoms with Gasteiger partial charge in [0, 0.05) is 34.7 Å². The third-order valence-electron chi connectivity index (χ3n) is 6.58. The van der Waals surface area contributed by atoms with Gasteiger partial charge in [0.05, 0.1) is 10.9 Å². The van der Waals surface area contributed by atoms with Gasteiger partial charge >= 0.3 is 0 Å². The molecule has 1 N–H and O–H groups in total. The molecule has 3 aliphatic rings. The summed E-state index contributed by atoms with van der Waals surface area (Å²) in [6, 6.07) is 11.2. The summed E-state index contributed by atoms with van der Waals surface area (Å²) < 4.78 is 28.0. The Morgan fingerprint density at radius 1 is 0.967 bits per heavy atom. The van der Waals surface area contributed by atoms with Crippen molar-refractivity contribution in [3.05, 3.63) is 69.7 Å². The van der Waals surface area contributed by atoms with Crippen molar-refractivity contribution in [2.24, 2.45) is 5.92 Å². The number of rotatable bonds is 3. The lowest BCUT2D eigenvalue weighted by Gasteiger charge is -2.38. The summed E-state index contributed by atoms with van der Waals surface area (Å²) in [7, 11) is -3.46. The molecular weight excluding hydrogens is 439 g/mol. The van der Waals surface area contributed by atoms with Gasteiger partial charge in [-0.3, -0.25) is 0 Å². The van der Waals surface area contributed by atoms with Crippen molar-refractivity contribution < 1.29 is 8.42 Å². The van der Waals surface area contributed by atoms with Crippen LogP contribution < -0.4 is 5.32 Å². The number of hydrogen-bond acceptors (Lipinski definition) is 3. The highest BCUT2D eigenvalue weighted by Gasteiger charge is 2.39. The van der Waals surface area contributed by atoms with Crippen molar-refractivity contribution in [1.82, 2.24) is 4.31 Å². The number of hydrogen-bond donors (Lipinski definition) is 1. The first-order valence-electron chi connectivity index (χ1n) is 10.5. The van der Waals surface area contributed by atoms with E-state index in [9.17, 15) is 8.42 Å². The molecule has 1 saturated heterocycles. The van der Waals surface area contributed by atoms with Crippen LogP contribution in [-0.4, -0.2) is 25.8 Å². The first-order chi connectivity index (χ1) is 14.4. The van der Waals surface area contributed by atoms with Crippen LogP contribution in [0.3, 0.4) is 0 Å². The molecule has 0 aromatic heterocycles. The van der Waals surface area contributed by atoms with Gasteiger partial charge in [-0.1, -0.05) is 47.8 Å². The zero-order valence-electron chi connectivity index (χ0n) is 16.5. The van der Waals surface area contributed by atoms with Crippen LogP contribution in [-0.2, 0) is 10.0 Å². The molecule has 0 spiro atoms. The minimum absolute atomic E-state index is 0.0480. The van der Waals surface area contributed by atoms with Crippen LogP contribution in [0.15, 0.2) is 53.4 Å². The Labute approximate surface area is 187 Å². The molecular formula is C23H24Cl2N2O2S. The molecule has 3 unspecified atom stereocenters. The van der Waals surface area contributed by atoms with Crippen LogP contribution in [0.25, 0.3) is 0 Å². The van der Waals surface area contributed by atoms with Crippen molar-refractivity contribution in [2.75, 3.05) is 18.4 Å². The molecule has 0 bridgehead atoms. The summed E-state index contributed by atoms with van der Waals surface area (Å²) in [5.74, 6) is 0.443. The van der Waals surface area contributed by atoms with Crippen LogP contribution in [0, 0.1) is 5.92 Å². The number of halogens is 2. The second kappa shape index (κ2) is 7.86. The highest BCUT2D eigenvalue weighted by atomic mass is 35.5. The largest absolute Gasteiger partial charge is 0.378 e. The normalized spacial score (nSPS) is 26.1. The zero-order valence-corrected chi connectivity index (χ0v) is 18.8. The number of benzene rings is 2. The maximum absolute atomic E-state index is 13.2. The number of nitrogens with one attached hydrogen (secondary N) is 1. The predicted molar refractivity (Wildman–Crippen MR) is 122 cm³/mol. The topological polar surface area (TPSA) is 49.4 Å². The maximum atomic E-state index is 13.2. The van der Waals surface area contributed by atoms with Crippen LogP contribution in [0.2, 0.25) is 10.0 Å². The third-order valence-corrected chi connectivity index (χ3v) is 9.04. The van der Waals surface area contributed by atoms with Gasteiger partial charge in [-0.05, 0) is 66.6 Å². The average molecular weight is 463 g/mol. The van der Waals surface area contributed by atoms with E-state index in [1.807, 2.05) is 24.3 Å². The number of allylic oxidation sites excluding steroid dienone is 2. The predicted octanol–water partition coefficient (Wildman–Crippen LogP) is 5.99. The maximum Gasteiger partial charge on any atom is 0.243 e. The molecule has 0 radical (unpaired) electrons. The summed E-state index contributed by atoms with van der Waals surface area (Å²) in [4.78, 5) is 0.395. The molecule has 1 fully saturated rings. The van der Waals surface area contributed by atoms with Gasteiger partial charge in [-0.2, -0.15) is 4.31 Å². The third kappa shape index (κ3) is 3.46. The number of fused-ring (bicyclic) bond motifs is 3. The molecule has 30 heavy (non-hydrogen) atoms. The molecule has 3 atom stereocenters. The first-order valence-corrected chi connectivity index (χ1v) is 12.7. The number of piperidine rings is 1. The summed E-state index contributed by atoms with van der Waals surface area (Å²) in [6.07, 6.45) is 8.28. The molecule has 2 aromatic carbocycles. The minimum atomic E-state index is -3.46. The SMILES string of the molecule is O=S(=O)(c1ccc2c(c1)C1C=CCC1C(c1ccc(Cl)cc1Cl)N2)N1CCCCC1. The molecule has 2 aliphatic heterocycles. The van der Waals surface area contributed by atoms with E-state index in [2.05, 4.69) is 17.5 Å². The Bertz CT molecular complexity index is 1110. The molecule has 158 valence electrons. The van der Waals surface area contributed by atoms with Gasteiger partial charge in [0.2, 0.25) is 10.0 Å². The second-order valence-electron chi connectivity index (χ2n) is 8.36. The quantitative estimate of drug-likeness (QED) is 0.569. The monoisotopic (exact) mass is 462 g/mol. The van der Waals surface area contributed by atoms with Crippen molar-refractivity contribution in [3.63, 3.8) is 0 Å². The molecule has 0 amide bonds. The number of anilines is 1. The Morgan fingerprint density at radius 2 is 1.77 bits per heavy atom. The molecule has 7 heteroatoms. The van der Waals surface area contributed by atoms with Crippen LogP contribution in [0.5, 0.6) is 0 Å². The lowest BCUT2D eigenvalue weighted by Crippen LogP contribution is -2.36. The highest BCUT2D eigenvalue weighted by Crippen LogP contribution is 2.51. The van der Waals surface area contributed by atoms with Crippen molar-refractivity contribution in [1.29, 1.82) is 0 Å². The second-order valence-corrected chi connectivity index (χ2v) is 11.1.